The number of sulfone groups is 1. The fourth-order valence-electron chi connectivity index (χ4n) is 8.22. The van der Waals surface area contributed by atoms with Crippen LogP contribution in [0.4, 0.5) is 4.79 Å². The van der Waals surface area contributed by atoms with Crippen molar-refractivity contribution < 1.29 is 32.7 Å². The summed E-state index contributed by atoms with van der Waals surface area (Å²) in [5, 5.41) is 16.1. The van der Waals surface area contributed by atoms with Gasteiger partial charge >= 0.3 is 6.16 Å². The third kappa shape index (κ3) is 5.96. The normalized spacial score (nSPS) is 28.8. The molecule has 2 saturated carbocycles. The van der Waals surface area contributed by atoms with E-state index >= 15 is 0 Å². The first-order valence-corrected chi connectivity index (χ1v) is 17.8. The second kappa shape index (κ2) is 12.3. The molecule has 46 heavy (non-hydrogen) atoms. The number of allylic oxidation sites excluding steroid dienone is 4. The van der Waals surface area contributed by atoms with Crippen molar-refractivity contribution in [2.75, 3.05) is 12.9 Å². The number of aliphatic hydroxyl groups is 1. The third-order valence-electron chi connectivity index (χ3n) is 10.5. The second-order valence-electron chi connectivity index (χ2n) is 13.1. The van der Waals surface area contributed by atoms with Crippen molar-refractivity contribution >= 4 is 28.0 Å². The first-order valence-electron chi connectivity index (χ1n) is 15.9. The fraction of sp³-hybridized carbons (Fsp3) is 0.432. The summed E-state index contributed by atoms with van der Waals surface area (Å²) in [5.41, 5.74) is 4.72. The lowest BCUT2D eigenvalue weighted by molar-refractivity contribution is -0.114. The highest BCUT2D eigenvalue weighted by atomic mass is 32.2. The number of ketones is 1. The summed E-state index contributed by atoms with van der Waals surface area (Å²) in [6.45, 7) is 4.08. The molecule has 240 valence electrons. The molecule has 0 radical (unpaired) electrons. The van der Waals surface area contributed by atoms with E-state index < -0.39 is 27.0 Å². The summed E-state index contributed by atoms with van der Waals surface area (Å²) in [6.07, 6.45) is 8.82. The molecule has 0 saturated heterocycles. The first kappa shape index (κ1) is 32.0. The number of rotatable bonds is 5. The summed E-state index contributed by atoms with van der Waals surface area (Å²) in [4.78, 5) is 28.8. The molecule has 9 heteroatoms. The predicted octanol–water partition coefficient (Wildman–Crippen LogP) is 6.28. The Morgan fingerprint density at radius 1 is 1.09 bits per heavy atom. The van der Waals surface area contributed by atoms with Gasteiger partial charge in [-0.25, -0.2) is 13.2 Å². The van der Waals surface area contributed by atoms with Crippen LogP contribution < -0.4 is 0 Å². The lowest BCUT2D eigenvalue weighted by Crippen LogP contribution is -2.51. The van der Waals surface area contributed by atoms with Crippen LogP contribution in [0, 0.1) is 29.1 Å². The van der Waals surface area contributed by atoms with E-state index in [1.165, 1.54) is 29.2 Å². The Morgan fingerprint density at radius 3 is 2.52 bits per heavy atom. The highest BCUT2D eigenvalue weighted by Crippen LogP contribution is 2.66. The Hall–Kier alpha value is -4.00. The number of oxime groups is 1. The zero-order valence-corrected chi connectivity index (χ0v) is 27.2. The number of ether oxygens (including phenoxy) is 1. The fourth-order valence-corrected chi connectivity index (χ4v) is 8.85. The number of nitrogens with zero attached hydrogens (tertiary/aromatic N) is 1. The molecule has 0 aromatic heterocycles. The number of carbonyl (C=O) groups excluding carboxylic acids is 2. The minimum atomic E-state index is -3.31. The van der Waals surface area contributed by atoms with Gasteiger partial charge in [-0.2, -0.15) is 0 Å². The maximum atomic E-state index is 12.4. The van der Waals surface area contributed by atoms with E-state index in [9.17, 15) is 23.1 Å². The number of fused-ring (bicyclic) bond motifs is 4. The molecule has 4 aliphatic rings. The number of benzene rings is 2. The highest BCUT2D eigenvalue weighted by Gasteiger charge is 2.62. The topological polar surface area (TPSA) is 119 Å². The molecule has 2 fully saturated rings. The van der Waals surface area contributed by atoms with Crippen molar-refractivity contribution in [1.82, 2.24) is 0 Å². The minimum absolute atomic E-state index is 0.0281. The van der Waals surface area contributed by atoms with Crippen molar-refractivity contribution in [1.29, 1.82) is 0 Å². The third-order valence-corrected chi connectivity index (χ3v) is 11.6. The molecule has 3 unspecified atom stereocenters. The largest absolute Gasteiger partial charge is 0.535 e. The monoisotopic (exact) mass is 641 g/mol. The molecule has 0 amide bonds. The smallest absolute Gasteiger partial charge is 0.433 e. The average molecular weight is 642 g/mol. The summed E-state index contributed by atoms with van der Waals surface area (Å²) in [5.74, 6) is 7.17. The van der Waals surface area contributed by atoms with Crippen molar-refractivity contribution in [2.24, 2.45) is 22.4 Å². The molecule has 0 spiro atoms. The van der Waals surface area contributed by atoms with Gasteiger partial charge in [0.2, 0.25) is 0 Å². The van der Waals surface area contributed by atoms with Crippen molar-refractivity contribution in [2.45, 2.75) is 75.2 Å². The van der Waals surface area contributed by atoms with Crippen LogP contribution in [0.25, 0.3) is 0 Å². The lowest BCUT2D eigenvalue weighted by Gasteiger charge is -2.53. The van der Waals surface area contributed by atoms with E-state index in [1.54, 1.807) is 31.2 Å². The van der Waals surface area contributed by atoms with E-state index in [-0.39, 0.29) is 35.0 Å². The van der Waals surface area contributed by atoms with E-state index in [2.05, 4.69) is 36.1 Å². The van der Waals surface area contributed by atoms with Crippen LogP contribution in [-0.4, -0.2) is 50.1 Å². The molecule has 0 bridgehead atoms. The number of carbonyl (C=O) groups is 2. The van der Waals surface area contributed by atoms with E-state index in [0.717, 1.165) is 36.8 Å². The van der Waals surface area contributed by atoms with Gasteiger partial charge < -0.3 is 9.84 Å². The molecular formula is C37H39NO7S. The van der Waals surface area contributed by atoms with Crippen LogP contribution in [0.3, 0.4) is 0 Å². The SMILES string of the molecule is CCOC(=O)O/N=C/c1ccc(C2C[C@@]3(C)C(CC[C@@]3(O)C#Cc3ccc(S(C)(=O)=O)cc3)C3CCC4=CC(=O)CCC4=C23)cc1. The molecule has 2 aromatic rings. The van der Waals surface area contributed by atoms with Gasteiger partial charge in [0, 0.05) is 29.6 Å². The Morgan fingerprint density at radius 2 is 1.83 bits per heavy atom. The zero-order valence-electron chi connectivity index (χ0n) is 26.4. The number of hydrogen-bond donors (Lipinski definition) is 1. The van der Waals surface area contributed by atoms with Crippen LogP contribution in [0.1, 0.15) is 81.4 Å². The van der Waals surface area contributed by atoms with Gasteiger partial charge in [-0.05, 0) is 110 Å². The highest BCUT2D eigenvalue weighted by molar-refractivity contribution is 7.90. The molecule has 2 aromatic carbocycles. The van der Waals surface area contributed by atoms with Crippen LogP contribution >= 0.6 is 0 Å². The second-order valence-corrected chi connectivity index (χ2v) is 15.1. The van der Waals surface area contributed by atoms with Crippen LogP contribution in [0.15, 0.2) is 81.4 Å². The molecule has 4 aliphatic carbocycles. The van der Waals surface area contributed by atoms with Crippen LogP contribution in [0.2, 0.25) is 0 Å². The van der Waals surface area contributed by atoms with E-state index in [1.807, 2.05) is 18.2 Å². The first-order chi connectivity index (χ1) is 21.9. The maximum Gasteiger partial charge on any atom is 0.535 e. The standard InChI is InChI=1S/C37H39NO7S/c1-4-44-35(40)45-38-23-25-5-9-26(10-6-25)32-22-36(2)33(31-15-11-27-21-28(39)12-16-30(27)34(31)32)18-20-37(36,41)19-17-24-7-13-29(14-8-24)46(3,42)43/h5-10,13-14,21,23,31-33,41H,4,11-12,15-16,18,20,22H2,1-3H3/b38-23+/t31?,32?,33?,36-,37-/m0/s1. The predicted molar refractivity (Wildman–Crippen MR) is 174 cm³/mol. The molecule has 0 aliphatic heterocycles. The van der Waals surface area contributed by atoms with Crippen molar-refractivity contribution in [3.8, 4) is 11.8 Å². The van der Waals surface area contributed by atoms with Gasteiger partial charge in [-0.15, -0.1) is 0 Å². The number of hydrogen-bond acceptors (Lipinski definition) is 8. The Labute approximate surface area is 270 Å². The Balaban J connectivity index is 1.36. The molecule has 5 atom stereocenters. The molecular weight excluding hydrogens is 602 g/mol. The van der Waals surface area contributed by atoms with Crippen molar-refractivity contribution in [3.63, 3.8) is 0 Å². The lowest BCUT2D eigenvalue weighted by atomic mass is 9.51. The zero-order chi connectivity index (χ0) is 32.7. The molecule has 0 heterocycles. The van der Waals surface area contributed by atoms with Crippen LogP contribution in [0.5, 0.6) is 0 Å². The summed E-state index contributed by atoms with van der Waals surface area (Å²) in [6, 6.07) is 14.5. The van der Waals surface area contributed by atoms with E-state index in [4.69, 9.17) is 9.57 Å². The Bertz CT molecular complexity index is 1810. The van der Waals surface area contributed by atoms with E-state index in [0.29, 0.717) is 24.8 Å². The van der Waals surface area contributed by atoms with Gasteiger partial charge in [-0.3, -0.25) is 9.63 Å². The summed E-state index contributed by atoms with van der Waals surface area (Å²) in [7, 11) is -3.31. The van der Waals surface area contributed by atoms with Gasteiger partial charge in [0.05, 0.1) is 17.7 Å². The van der Waals surface area contributed by atoms with Gasteiger partial charge in [0.25, 0.3) is 0 Å². The Kier molecular flexibility index (Phi) is 8.55. The van der Waals surface area contributed by atoms with Gasteiger partial charge in [-0.1, -0.05) is 53.8 Å². The quantitative estimate of drug-likeness (QED) is 0.134. The van der Waals surface area contributed by atoms with Crippen molar-refractivity contribution in [3.05, 3.63) is 88.0 Å². The van der Waals surface area contributed by atoms with Gasteiger partial charge in [0.15, 0.2) is 15.6 Å². The van der Waals surface area contributed by atoms with Gasteiger partial charge in [0.1, 0.15) is 5.60 Å². The summed E-state index contributed by atoms with van der Waals surface area (Å²) >= 11 is 0. The molecule has 8 nitrogen and oxygen atoms in total. The molecule has 1 N–H and O–H groups in total. The van der Waals surface area contributed by atoms with Crippen LogP contribution in [-0.2, 0) is 24.2 Å². The summed E-state index contributed by atoms with van der Waals surface area (Å²) < 4.78 is 28.6. The molecule has 6 rings (SSSR count). The maximum absolute atomic E-state index is 12.4. The average Bonchev–Trinajstić information content (AvgIpc) is 3.29. The minimum Gasteiger partial charge on any atom is -0.433 e.